The highest BCUT2D eigenvalue weighted by atomic mass is 19.4. The molecule has 2 aromatic rings. The van der Waals surface area contributed by atoms with Crippen molar-refractivity contribution in [2.24, 2.45) is 0 Å². The average Bonchev–Trinajstić information content (AvgIpc) is 3.13. The molecule has 1 aromatic carbocycles. The van der Waals surface area contributed by atoms with Crippen LogP contribution in [0.5, 0.6) is 0 Å². The molecule has 4 atom stereocenters. The second-order valence-electron chi connectivity index (χ2n) is 8.57. The Kier molecular flexibility index (Phi) is 6.66. The number of carboxylic acids is 1. The van der Waals surface area contributed by atoms with Gasteiger partial charge >= 0.3 is 12.1 Å². The molecule has 0 bridgehead atoms. The Balaban J connectivity index is 1.42. The number of rotatable bonds is 6. The number of alkyl halides is 3. The molecule has 0 aliphatic carbocycles. The number of benzene rings is 1. The Morgan fingerprint density at radius 2 is 1.77 bits per heavy atom. The first-order valence-electron chi connectivity index (χ1n) is 10.7. The molecule has 3 N–H and O–H groups in total. The molecule has 1 amide bonds. The maximum Gasteiger partial charge on any atom is 0.434 e. The molecule has 13 heteroatoms. The van der Waals surface area contributed by atoms with E-state index in [-0.39, 0.29) is 30.1 Å². The Hall–Kier alpha value is -3.29. The predicted octanol–water partition coefficient (Wildman–Crippen LogP) is 2.32. The van der Waals surface area contributed by atoms with E-state index in [4.69, 9.17) is 19.3 Å². The van der Waals surface area contributed by atoms with E-state index >= 15 is 0 Å². The molecule has 2 aliphatic rings. The van der Waals surface area contributed by atoms with E-state index < -0.39 is 53.9 Å². The second kappa shape index (κ2) is 9.40. The summed E-state index contributed by atoms with van der Waals surface area (Å²) in [5.41, 5.74) is -0.798. The molecule has 0 radical (unpaired) electrons. The van der Waals surface area contributed by atoms with Gasteiger partial charge in [0.2, 0.25) is 0 Å². The van der Waals surface area contributed by atoms with Crippen molar-refractivity contribution >= 4 is 17.7 Å². The van der Waals surface area contributed by atoms with E-state index in [1.54, 1.807) is 13.8 Å². The summed E-state index contributed by atoms with van der Waals surface area (Å²) in [6.07, 6.45) is -4.67. The summed E-state index contributed by atoms with van der Waals surface area (Å²) in [4.78, 5) is 30.6. The number of fused-ring (bicyclic) bond motifs is 1. The number of nitrogens with one attached hydrogen (secondary N) is 2. The smallest absolute Gasteiger partial charge is 0.434 e. The minimum Gasteiger partial charge on any atom is -0.478 e. The minimum absolute atomic E-state index is 0.0480. The third-order valence-electron chi connectivity index (χ3n) is 5.53. The fourth-order valence-corrected chi connectivity index (χ4v) is 3.95. The lowest BCUT2D eigenvalue weighted by Gasteiger charge is -2.37. The number of anilines is 1. The highest BCUT2D eigenvalue weighted by molar-refractivity contribution is 5.95. The monoisotopic (exact) mass is 496 g/mol. The van der Waals surface area contributed by atoms with Gasteiger partial charge in [-0.25, -0.2) is 9.78 Å². The number of ether oxygens (including phenoxy) is 3. The summed E-state index contributed by atoms with van der Waals surface area (Å²) in [6.45, 7) is 3.51. The number of hydrogen-bond donors (Lipinski definition) is 3. The van der Waals surface area contributed by atoms with E-state index in [2.05, 4.69) is 20.6 Å². The van der Waals surface area contributed by atoms with Crippen LogP contribution >= 0.6 is 0 Å². The summed E-state index contributed by atoms with van der Waals surface area (Å²) < 4.78 is 56.8. The van der Waals surface area contributed by atoms with E-state index in [0.717, 1.165) is 0 Å². The lowest BCUT2D eigenvalue weighted by molar-refractivity contribution is -0.153. The van der Waals surface area contributed by atoms with Gasteiger partial charge < -0.3 is 30.0 Å². The van der Waals surface area contributed by atoms with Crippen molar-refractivity contribution in [2.45, 2.75) is 50.2 Å². The van der Waals surface area contributed by atoms with Crippen LogP contribution in [-0.4, -0.2) is 70.2 Å². The maximum atomic E-state index is 13.0. The van der Waals surface area contributed by atoms with Crippen LogP contribution in [0.15, 0.2) is 36.7 Å². The van der Waals surface area contributed by atoms with Gasteiger partial charge in [0.25, 0.3) is 5.91 Å². The zero-order valence-electron chi connectivity index (χ0n) is 18.7. The van der Waals surface area contributed by atoms with Crippen molar-refractivity contribution in [3.8, 4) is 0 Å². The van der Waals surface area contributed by atoms with E-state index in [1.165, 1.54) is 30.5 Å². The third kappa shape index (κ3) is 5.69. The van der Waals surface area contributed by atoms with Gasteiger partial charge in [-0.15, -0.1) is 0 Å². The van der Waals surface area contributed by atoms with Gasteiger partial charge in [-0.2, -0.15) is 13.2 Å². The lowest BCUT2D eigenvalue weighted by atomic mass is 9.98. The highest BCUT2D eigenvalue weighted by Crippen LogP contribution is 2.36. The molecule has 4 rings (SSSR count). The quantitative estimate of drug-likeness (QED) is 0.551. The number of aromatic nitrogens is 2. The van der Waals surface area contributed by atoms with E-state index in [9.17, 15) is 22.8 Å². The van der Waals surface area contributed by atoms with Crippen LogP contribution < -0.4 is 10.6 Å². The zero-order chi connectivity index (χ0) is 25.4. The second-order valence-corrected chi connectivity index (χ2v) is 8.57. The van der Waals surface area contributed by atoms with Crippen LogP contribution in [0.4, 0.5) is 19.0 Å². The highest BCUT2D eigenvalue weighted by Gasteiger charge is 2.52. The number of amides is 1. The first-order valence-corrected chi connectivity index (χ1v) is 10.7. The van der Waals surface area contributed by atoms with Crippen LogP contribution in [0.3, 0.4) is 0 Å². The van der Waals surface area contributed by atoms with Crippen molar-refractivity contribution in [2.75, 3.05) is 18.5 Å². The maximum absolute atomic E-state index is 13.0. The van der Waals surface area contributed by atoms with Gasteiger partial charge in [0.1, 0.15) is 24.1 Å². The Morgan fingerprint density at radius 3 is 2.43 bits per heavy atom. The standard InChI is InChI=1S/C22H23F3N4O6/c1-21(2)34-17-13(28-16-9-26-8-15(29-16)22(23,24)25)10-33-14(18(17)35-21)7-27-19(30)11-3-5-12(6-4-11)20(31)32/h3-6,8-9,13-14,17-18H,7,10H2,1-2H3,(H,27,30)(H,28,29)(H,31,32)/t13-,14+,17+,18-/m0/s1. The lowest BCUT2D eigenvalue weighted by Crippen LogP contribution is -2.57. The normalized spacial score (nSPS) is 25.5. The number of aromatic carboxylic acids is 1. The largest absolute Gasteiger partial charge is 0.478 e. The van der Waals surface area contributed by atoms with Gasteiger partial charge in [0, 0.05) is 12.1 Å². The molecule has 1 aromatic heterocycles. The molecule has 2 saturated heterocycles. The molecule has 10 nitrogen and oxygen atoms in total. The fraction of sp³-hybridized carbons (Fsp3) is 0.455. The summed E-state index contributed by atoms with van der Waals surface area (Å²) in [5, 5.41) is 14.6. The van der Waals surface area contributed by atoms with E-state index in [0.29, 0.717) is 6.20 Å². The van der Waals surface area contributed by atoms with Crippen molar-refractivity contribution in [1.82, 2.24) is 15.3 Å². The number of carboxylic acid groups (broad SMARTS) is 1. The summed E-state index contributed by atoms with van der Waals surface area (Å²) in [6, 6.07) is 4.87. The van der Waals surface area contributed by atoms with Crippen molar-refractivity contribution in [3.05, 3.63) is 53.5 Å². The molecule has 2 fully saturated rings. The third-order valence-corrected chi connectivity index (χ3v) is 5.53. The van der Waals surface area contributed by atoms with Gasteiger partial charge in [-0.1, -0.05) is 0 Å². The van der Waals surface area contributed by atoms with Gasteiger partial charge in [0.15, 0.2) is 11.5 Å². The molecule has 35 heavy (non-hydrogen) atoms. The average molecular weight is 496 g/mol. The Bertz CT molecular complexity index is 1100. The predicted molar refractivity (Wildman–Crippen MR) is 114 cm³/mol. The molecule has 0 saturated carbocycles. The number of carbonyl (C=O) groups is 2. The summed E-state index contributed by atoms with van der Waals surface area (Å²) in [5.74, 6) is -2.60. The number of hydrogen-bond acceptors (Lipinski definition) is 8. The number of halogens is 3. The first-order chi connectivity index (χ1) is 16.4. The first kappa shape index (κ1) is 24.8. The van der Waals surface area contributed by atoms with E-state index in [1.807, 2.05) is 0 Å². The van der Waals surface area contributed by atoms with Gasteiger partial charge in [0.05, 0.1) is 30.6 Å². The van der Waals surface area contributed by atoms with Crippen LogP contribution in [0.25, 0.3) is 0 Å². The number of nitrogens with zero attached hydrogens (tertiary/aromatic N) is 2. The van der Waals surface area contributed by atoms with Crippen LogP contribution in [0.1, 0.15) is 40.3 Å². The molecule has 188 valence electrons. The molecular formula is C22H23F3N4O6. The van der Waals surface area contributed by atoms with Gasteiger partial charge in [-0.05, 0) is 38.1 Å². The Labute approximate surface area is 197 Å². The minimum atomic E-state index is -4.64. The molecule has 0 spiro atoms. The van der Waals surface area contributed by atoms with Crippen molar-refractivity contribution in [3.63, 3.8) is 0 Å². The Morgan fingerprint density at radius 1 is 1.11 bits per heavy atom. The van der Waals surface area contributed by atoms with Crippen LogP contribution in [-0.2, 0) is 20.4 Å². The van der Waals surface area contributed by atoms with Crippen LogP contribution in [0, 0.1) is 0 Å². The van der Waals surface area contributed by atoms with Gasteiger partial charge in [-0.3, -0.25) is 9.78 Å². The molecular weight excluding hydrogens is 473 g/mol. The number of carbonyl (C=O) groups excluding carboxylic acids is 1. The summed E-state index contributed by atoms with van der Waals surface area (Å²) in [7, 11) is 0. The van der Waals surface area contributed by atoms with Crippen molar-refractivity contribution in [1.29, 1.82) is 0 Å². The SMILES string of the molecule is CC1(C)O[C@@H]2[C@H](O1)[C@@H](Nc1cncc(C(F)(F)F)n1)CO[C@@H]2CNC(=O)c1ccc(C(=O)O)cc1. The molecule has 0 unspecified atom stereocenters. The zero-order valence-corrected chi connectivity index (χ0v) is 18.7. The molecule has 3 heterocycles. The topological polar surface area (TPSA) is 132 Å². The van der Waals surface area contributed by atoms with Crippen LogP contribution in [0.2, 0.25) is 0 Å². The fourth-order valence-electron chi connectivity index (χ4n) is 3.95. The summed E-state index contributed by atoms with van der Waals surface area (Å²) >= 11 is 0. The van der Waals surface area contributed by atoms with Crippen molar-refractivity contribution < 1.29 is 42.1 Å². The molecule has 2 aliphatic heterocycles.